The van der Waals surface area contributed by atoms with Gasteiger partial charge in [-0.1, -0.05) is 63.6 Å². The summed E-state index contributed by atoms with van der Waals surface area (Å²) in [5, 5.41) is 0. The van der Waals surface area contributed by atoms with E-state index in [1.807, 2.05) is 18.2 Å². The SMILES string of the molecule is CCCCCCCCCc1ccccc1ON. The lowest BCUT2D eigenvalue weighted by Crippen LogP contribution is -2.04. The number of hydrogen-bond acceptors (Lipinski definition) is 2. The van der Waals surface area contributed by atoms with Crippen molar-refractivity contribution in [2.45, 2.75) is 58.3 Å². The molecule has 1 aromatic rings. The highest BCUT2D eigenvalue weighted by atomic mass is 16.6. The highest BCUT2D eigenvalue weighted by Crippen LogP contribution is 2.19. The molecule has 96 valence electrons. The number of para-hydroxylation sites is 1. The van der Waals surface area contributed by atoms with Gasteiger partial charge >= 0.3 is 0 Å². The van der Waals surface area contributed by atoms with Gasteiger partial charge in [0.15, 0.2) is 0 Å². The first-order chi connectivity index (χ1) is 8.38. The Morgan fingerprint density at radius 1 is 0.941 bits per heavy atom. The molecule has 2 heteroatoms. The minimum atomic E-state index is 0.818. The van der Waals surface area contributed by atoms with E-state index in [2.05, 4.69) is 13.0 Å². The zero-order valence-electron chi connectivity index (χ0n) is 11.0. The summed E-state index contributed by atoms with van der Waals surface area (Å²) in [4.78, 5) is 4.86. The van der Waals surface area contributed by atoms with Gasteiger partial charge in [0.05, 0.1) is 0 Å². The van der Waals surface area contributed by atoms with Crippen molar-refractivity contribution in [3.05, 3.63) is 29.8 Å². The fourth-order valence-corrected chi connectivity index (χ4v) is 2.10. The molecule has 0 radical (unpaired) electrons. The topological polar surface area (TPSA) is 35.2 Å². The number of aryl methyl sites for hydroxylation is 1. The maximum Gasteiger partial charge on any atom is 0.150 e. The molecule has 0 spiro atoms. The van der Waals surface area contributed by atoms with Crippen LogP contribution in [-0.4, -0.2) is 0 Å². The van der Waals surface area contributed by atoms with Crippen LogP contribution in [0.3, 0.4) is 0 Å². The summed E-state index contributed by atoms with van der Waals surface area (Å²) < 4.78 is 0. The average Bonchev–Trinajstić information content (AvgIpc) is 2.38. The largest absolute Gasteiger partial charge is 0.411 e. The van der Waals surface area contributed by atoms with Crippen molar-refractivity contribution in [1.82, 2.24) is 0 Å². The molecular weight excluding hydrogens is 210 g/mol. The van der Waals surface area contributed by atoms with Gasteiger partial charge in [0.2, 0.25) is 0 Å². The van der Waals surface area contributed by atoms with Crippen LogP contribution in [0, 0.1) is 0 Å². The van der Waals surface area contributed by atoms with E-state index in [0.717, 1.165) is 12.2 Å². The molecule has 0 aromatic heterocycles. The second-order valence-electron chi connectivity index (χ2n) is 4.60. The van der Waals surface area contributed by atoms with E-state index in [-0.39, 0.29) is 0 Å². The third kappa shape index (κ3) is 5.73. The molecule has 0 aliphatic rings. The van der Waals surface area contributed by atoms with E-state index >= 15 is 0 Å². The molecule has 17 heavy (non-hydrogen) atoms. The average molecular weight is 235 g/mol. The summed E-state index contributed by atoms with van der Waals surface area (Å²) in [7, 11) is 0. The third-order valence-electron chi connectivity index (χ3n) is 3.15. The predicted molar refractivity (Wildman–Crippen MR) is 73.0 cm³/mol. The lowest BCUT2D eigenvalue weighted by Gasteiger charge is -2.06. The van der Waals surface area contributed by atoms with Gasteiger partial charge in [0.25, 0.3) is 0 Å². The zero-order chi connectivity index (χ0) is 12.3. The van der Waals surface area contributed by atoms with E-state index in [0.29, 0.717) is 0 Å². The smallest absolute Gasteiger partial charge is 0.150 e. The molecule has 0 heterocycles. The van der Waals surface area contributed by atoms with Gasteiger partial charge in [-0.2, -0.15) is 5.90 Å². The fraction of sp³-hybridized carbons (Fsp3) is 0.600. The zero-order valence-corrected chi connectivity index (χ0v) is 11.0. The predicted octanol–water partition coefficient (Wildman–Crippen LogP) is 4.23. The first-order valence-corrected chi connectivity index (χ1v) is 6.83. The van der Waals surface area contributed by atoms with Crippen LogP contribution in [0.4, 0.5) is 0 Å². The maximum atomic E-state index is 5.24. The summed E-state index contributed by atoms with van der Waals surface area (Å²) in [6, 6.07) is 8.02. The quantitative estimate of drug-likeness (QED) is 0.513. The van der Waals surface area contributed by atoms with Gasteiger partial charge in [-0.3, -0.25) is 0 Å². The van der Waals surface area contributed by atoms with Crippen LogP contribution >= 0.6 is 0 Å². The minimum absolute atomic E-state index is 0.818. The lowest BCUT2D eigenvalue weighted by molar-refractivity contribution is 0.330. The fourth-order valence-electron chi connectivity index (χ4n) is 2.10. The van der Waals surface area contributed by atoms with E-state index < -0.39 is 0 Å². The van der Waals surface area contributed by atoms with Crippen molar-refractivity contribution in [3.8, 4) is 5.75 Å². The Kier molecular flexibility index (Phi) is 7.48. The molecule has 0 aliphatic heterocycles. The molecule has 2 nitrogen and oxygen atoms in total. The van der Waals surface area contributed by atoms with Crippen molar-refractivity contribution in [1.29, 1.82) is 0 Å². The van der Waals surface area contributed by atoms with Gasteiger partial charge in [0, 0.05) is 0 Å². The van der Waals surface area contributed by atoms with Crippen LogP contribution in [0.5, 0.6) is 5.75 Å². The van der Waals surface area contributed by atoms with Crippen molar-refractivity contribution in [3.63, 3.8) is 0 Å². The second-order valence-corrected chi connectivity index (χ2v) is 4.60. The molecule has 0 aliphatic carbocycles. The third-order valence-corrected chi connectivity index (χ3v) is 3.15. The van der Waals surface area contributed by atoms with Gasteiger partial charge in [-0.05, 0) is 24.5 Å². The van der Waals surface area contributed by atoms with Crippen LogP contribution in [0.1, 0.15) is 57.4 Å². The number of benzene rings is 1. The van der Waals surface area contributed by atoms with E-state index in [1.54, 1.807) is 0 Å². The summed E-state index contributed by atoms with van der Waals surface area (Å²) in [6.45, 7) is 2.25. The summed E-state index contributed by atoms with van der Waals surface area (Å²) in [6.07, 6.45) is 10.4. The Bertz CT molecular complexity index is 299. The first-order valence-electron chi connectivity index (χ1n) is 6.83. The Hall–Kier alpha value is -1.02. The summed E-state index contributed by atoms with van der Waals surface area (Å²) >= 11 is 0. The number of rotatable bonds is 9. The molecule has 1 aromatic carbocycles. The van der Waals surface area contributed by atoms with Crippen molar-refractivity contribution >= 4 is 0 Å². The molecular formula is C15H25NO. The summed E-state index contributed by atoms with van der Waals surface area (Å²) in [5.41, 5.74) is 1.23. The Labute approximate surface area is 105 Å². The molecule has 1 rings (SSSR count). The highest BCUT2D eigenvalue weighted by molar-refractivity contribution is 5.32. The first kappa shape index (κ1) is 14.0. The van der Waals surface area contributed by atoms with Gasteiger partial charge in [-0.15, -0.1) is 0 Å². The Morgan fingerprint density at radius 3 is 2.29 bits per heavy atom. The van der Waals surface area contributed by atoms with Crippen LogP contribution < -0.4 is 10.7 Å². The van der Waals surface area contributed by atoms with Crippen LogP contribution in [0.2, 0.25) is 0 Å². The summed E-state index contributed by atoms with van der Waals surface area (Å²) in [5.74, 6) is 6.05. The van der Waals surface area contributed by atoms with Gasteiger partial charge in [-0.25, -0.2) is 0 Å². The number of hydrogen-bond donors (Lipinski definition) is 1. The van der Waals surface area contributed by atoms with Crippen LogP contribution in [-0.2, 0) is 6.42 Å². The van der Waals surface area contributed by atoms with E-state index in [9.17, 15) is 0 Å². The Morgan fingerprint density at radius 2 is 1.59 bits per heavy atom. The second kappa shape index (κ2) is 9.06. The van der Waals surface area contributed by atoms with Crippen LogP contribution in [0.25, 0.3) is 0 Å². The molecule has 0 atom stereocenters. The van der Waals surface area contributed by atoms with Crippen molar-refractivity contribution in [2.24, 2.45) is 5.90 Å². The molecule has 0 unspecified atom stereocenters. The number of nitrogens with two attached hydrogens (primary N) is 1. The van der Waals surface area contributed by atoms with Gasteiger partial charge < -0.3 is 4.84 Å². The van der Waals surface area contributed by atoms with E-state index in [1.165, 1.54) is 50.5 Å². The molecule has 0 saturated heterocycles. The van der Waals surface area contributed by atoms with Crippen molar-refractivity contribution in [2.75, 3.05) is 0 Å². The molecule has 0 fully saturated rings. The minimum Gasteiger partial charge on any atom is -0.411 e. The molecule has 0 amide bonds. The standard InChI is InChI=1S/C15H25NO/c1-2-3-4-5-6-7-8-11-14-12-9-10-13-15(14)17-16/h9-10,12-13H,2-8,11,16H2,1H3. The van der Waals surface area contributed by atoms with E-state index in [4.69, 9.17) is 10.7 Å². The number of unbranched alkanes of at least 4 members (excludes halogenated alkanes) is 6. The Balaban J connectivity index is 2.13. The molecule has 2 N–H and O–H groups in total. The highest BCUT2D eigenvalue weighted by Gasteiger charge is 2.01. The monoisotopic (exact) mass is 235 g/mol. The van der Waals surface area contributed by atoms with Crippen molar-refractivity contribution < 1.29 is 4.84 Å². The molecule has 0 bridgehead atoms. The van der Waals surface area contributed by atoms with Gasteiger partial charge in [0.1, 0.15) is 5.75 Å². The molecule has 0 saturated carbocycles. The normalized spacial score (nSPS) is 10.5. The lowest BCUT2D eigenvalue weighted by atomic mass is 10.0. The van der Waals surface area contributed by atoms with Crippen LogP contribution in [0.15, 0.2) is 24.3 Å². The maximum absolute atomic E-state index is 5.24.